The van der Waals surface area contributed by atoms with Crippen molar-refractivity contribution >= 4 is 17.5 Å². The number of anilines is 1. The highest BCUT2D eigenvalue weighted by Crippen LogP contribution is 2.25. The lowest BCUT2D eigenvalue weighted by Gasteiger charge is -2.44. The zero-order valence-corrected chi connectivity index (χ0v) is 12.3. The van der Waals surface area contributed by atoms with Crippen LogP contribution in [-0.4, -0.2) is 52.3 Å². The first kappa shape index (κ1) is 14.3. The zero-order chi connectivity index (χ0) is 15.1. The Hall–Kier alpha value is -2.11. The second kappa shape index (κ2) is 4.77. The number of nitrogens with two attached hydrogens (primary N) is 1. The number of hydrogen-bond acceptors (Lipinski definition) is 4. The van der Waals surface area contributed by atoms with Gasteiger partial charge in [0.05, 0.1) is 23.1 Å². The van der Waals surface area contributed by atoms with Gasteiger partial charge < -0.3 is 15.5 Å². The van der Waals surface area contributed by atoms with Crippen LogP contribution in [0.15, 0.2) is 12.3 Å². The van der Waals surface area contributed by atoms with Gasteiger partial charge in [-0.05, 0) is 26.8 Å². The lowest BCUT2D eigenvalue weighted by Crippen LogP contribution is -2.63. The maximum Gasteiger partial charge on any atom is 0.256 e. The molecule has 1 aromatic heterocycles. The smallest absolute Gasteiger partial charge is 0.256 e. The van der Waals surface area contributed by atoms with E-state index in [9.17, 15) is 9.59 Å². The molecular weight excluding hydrogens is 256 g/mol. The van der Waals surface area contributed by atoms with Crippen LogP contribution in [0.2, 0.25) is 0 Å². The molecule has 2 N–H and O–H groups in total. The molecule has 108 valence electrons. The van der Waals surface area contributed by atoms with Crippen LogP contribution in [0.4, 0.5) is 5.69 Å². The normalized spacial score (nSPS) is 18.3. The van der Waals surface area contributed by atoms with Crippen molar-refractivity contribution in [3.8, 4) is 0 Å². The Balaban J connectivity index is 2.38. The van der Waals surface area contributed by atoms with E-state index in [-0.39, 0.29) is 11.8 Å². The molecule has 1 saturated heterocycles. The fourth-order valence-corrected chi connectivity index (χ4v) is 2.48. The molecule has 2 amide bonds. The van der Waals surface area contributed by atoms with Crippen molar-refractivity contribution in [2.45, 2.75) is 26.3 Å². The van der Waals surface area contributed by atoms with Gasteiger partial charge in [-0.25, -0.2) is 0 Å². The lowest BCUT2D eigenvalue weighted by atomic mass is 9.96. The molecule has 1 aromatic rings. The van der Waals surface area contributed by atoms with E-state index in [0.717, 1.165) is 0 Å². The minimum absolute atomic E-state index is 0.0633. The van der Waals surface area contributed by atoms with Crippen LogP contribution in [0.3, 0.4) is 0 Å². The SMILES string of the molecule is Cc1ncc(N)cc1C(=O)N1CCN(C)C(=O)C1(C)C. The lowest BCUT2D eigenvalue weighted by molar-refractivity contribution is -0.144. The van der Waals surface area contributed by atoms with Crippen molar-refractivity contribution in [2.75, 3.05) is 25.9 Å². The number of hydrogen-bond donors (Lipinski definition) is 1. The number of piperazine rings is 1. The fraction of sp³-hybridized carbons (Fsp3) is 0.500. The van der Waals surface area contributed by atoms with Gasteiger partial charge >= 0.3 is 0 Å². The van der Waals surface area contributed by atoms with Gasteiger partial charge in [0.15, 0.2) is 0 Å². The van der Waals surface area contributed by atoms with Crippen LogP contribution < -0.4 is 5.73 Å². The highest BCUT2D eigenvalue weighted by atomic mass is 16.2. The van der Waals surface area contributed by atoms with E-state index in [4.69, 9.17) is 5.73 Å². The van der Waals surface area contributed by atoms with E-state index in [1.54, 1.807) is 43.7 Å². The van der Waals surface area contributed by atoms with Gasteiger partial charge in [0.1, 0.15) is 5.54 Å². The first-order valence-electron chi connectivity index (χ1n) is 6.55. The van der Waals surface area contributed by atoms with Gasteiger partial charge in [0.25, 0.3) is 5.91 Å². The molecule has 6 heteroatoms. The van der Waals surface area contributed by atoms with Gasteiger partial charge in [-0.1, -0.05) is 0 Å². The summed E-state index contributed by atoms with van der Waals surface area (Å²) in [5.41, 5.74) is 6.36. The predicted molar refractivity (Wildman–Crippen MR) is 76.1 cm³/mol. The van der Waals surface area contributed by atoms with Gasteiger partial charge in [0, 0.05) is 20.1 Å². The topological polar surface area (TPSA) is 79.5 Å². The molecular formula is C14H20N4O2. The standard InChI is InChI=1S/C14H20N4O2/c1-9-11(7-10(15)8-16-9)12(19)18-6-5-17(4)13(20)14(18,2)3/h7-8H,5-6,15H2,1-4H3. The Morgan fingerprint density at radius 3 is 2.70 bits per heavy atom. The van der Waals surface area contributed by atoms with Crippen LogP contribution in [0.1, 0.15) is 29.9 Å². The van der Waals surface area contributed by atoms with Crippen molar-refractivity contribution in [1.82, 2.24) is 14.8 Å². The number of aryl methyl sites for hydroxylation is 1. The molecule has 1 aliphatic rings. The Labute approximate surface area is 118 Å². The summed E-state index contributed by atoms with van der Waals surface area (Å²) in [7, 11) is 1.75. The maximum atomic E-state index is 12.7. The number of carbonyl (C=O) groups excluding carboxylic acids is 2. The molecule has 2 heterocycles. The molecule has 2 rings (SSSR count). The van der Waals surface area contributed by atoms with Gasteiger partial charge in [0.2, 0.25) is 5.91 Å². The molecule has 0 unspecified atom stereocenters. The summed E-state index contributed by atoms with van der Waals surface area (Å²) in [6, 6.07) is 1.61. The van der Waals surface area contributed by atoms with E-state index in [1.165, 1.54) is 6.20 Å². The van der Waals surface area contributed by atoms with E-state index < -0.39 is 5.54 Å². The molecule has 1 fully saturated rings. The average Bonchev–Trinajstić information content (AvgIpc) is 2.38. The molecule has 0 aromatic carbocycles. The molecule has 0 saturated carbocycles. The Bertz CT molecular complexity index is 568. The summed E-state index contributed by atoms with van der Waals surface area (Å²) >= 11 is 0. The van der Waals surface area contributed by atoms with Gasteiger partial charge in [-0.15, -0.1) is 0 Å². The van der Waals surface area contributed by atoms with Gasteiger partial charge in [-0.2, -0.15) is 0 Å². The Kier molecular flexibility index (Phi) is 3.41. The average molecular weight is 276 g/mol. The Morgan fingerprint density at radius 1 is 1.40 bits per heavy atom. The first-order valence-corrected chi connectivity index (χ1v) is 6.55. The van der Waals surface area contributed by atoms with E-state index in [2.05, 4.69) is 4.98 Å². The third kappa shape index (κ3) is 2.21. The number of nitrogen functional groups attached to an aromatic ring is 1. The number of likely N-dealkylation sites (N-methyl/N-ethyl adjacent to an activating group) is 1. The molecule has 20 heavy (non-hydrogen) atoms. The van der Waals surface area contributed by atoms with Crippen LogP contribution in [0, 0.1) is 6.92 Å². The monoisotopic (exact) mass is 276 g/mol. The number of rotatable bonds is 1. The number of aromatic nitrogens is 1. The molecule has 0 radical (unpaired) electrons. The third-order valence-corrected chi connectivity index (χ3v) is 3.79. The number of amides is 2. The highest BCUT2D eigenvalue weighted by Gasteiger charge is 2.43. The second-order valence-corrected chi connectivity index (χ2v) is 5.64. The largest absolute Gasteiger partial charge is 0.397 e. The quantitative estimate of drug-likeness (QED) is 0.817. The predicted octanol–water partition coefficient (Wildman–Crippen LogP) is 0.665. The second-order valence-electron chi connectivity index (χ2n) is 5.64. The van der Waals surface area contributed by atoms with Crippen LogP contribution in [-0.2, 0) is 4.79 Å². The number of carbonyl (C=O) groups is 2. The summed E-state index contributed by atoms with van der Waals surface area (Å²) in [5, 5.41) is 0. The zero-order valence-electron chi connectivity index (χ0n) is 12.3. The molecule has 1 aliphatic heterocycles. The number of pyridine rings is 1. The third-order valence-electron chi connectivity index (χ3n) is 3.79. The van der Waals surface area contributed by atoms with Crippen molar-refractivity contribution in [3.63, 3.8) is 0 Å². The maximum absolute atomic E-state index is 12.7. The number of nitrogens with zero attached hydrogens (tertiary/aromatic N) is 3. The van der Waals surface area contributed by atoms with Crippen LogP contribution in [0.5, 0.6) is 0 Å². The summed E-state index contributed by atoms with van der Waals surface area (Å²) in [6.07, 6.45) is 1.52. The minimum Gasteiger partial charge on any atom is -0.397 e. The van der Waals surface area contributed by atoms with Crippen molar-refractivity contribution < 1.29 is 9.59 Å². The molecule has 6 nitrogen and oxygen atoms in total. The molecule has 0 bridgehead atoms. The molecule has 0 aliphatic carbocycles. The summed E-state index contributed by atoms with van der Waals surface area (Å²) in [5.74, 6) is -0.264. The van der Waals surface area contributed by atoms with Crippen molar-refractivity contribution in [1.29, 1.82) is 0 Å². The van der Waals surface area contributed by atoms with E-state index in [0.29, 0.717) is 30.0 Å². The summed E-state index contributed by atoms with van der Waals surface area (Å²) < 4.78 is 0. The van der Waals surface area contributed by atoms with Crippen molar-refractivity contribution in [3.05, 3.63) is 23.5 Å². The summed E-state index contributed by atoms with van der Waals surface area (Å²) in [4.78, 5) is 32.3. The highest BCUT2D eigenvalue weighted by molar-refractivity contribution is 6.00. The minimum atomic E-state index is -0.860. The fourth-order valence-electron chi connectivity index (χ4n) is 2.48. The van der Waals surface area contributed by atoms with Crippen LogP contribution in [0.25, 0.3) is 0 Å². The van der Waals surface area contributed by atoms with E-state index >= 15 is 0 Å². The summed E-state index contributed by atoms with van der Waals surface area (Å²) in [6.45, 7) is 6.32. The van der Waals surface area contributed by atoms with Crippen molar-refractivity contribution in [2.24, 2.45) is 0 Å². The Morgan fingerprint density at radius 2 is 2.05 bits per heavy atom. The molecule has 0 spiro atoms. The molecule has 0 atom stereocenters. The van der Waals surface area contributed by atoms with Crippen LogP contribution >= 0.6 is 0 Å². The van der Waals surface area contributed by atoms with Gasteiger partial charge in [-0.3, -0.25) is 14.6 Å². The van der Waals surface area contributed by atoms with E-state index in [1.807, 2.05) is 0 Å². The first-order chi connectivity index (χ1) is 9.25.